The van der Waals surface area contributed by atoms with Gasteiger partial charge in [-0.25, -0.2) is 4.68 Å². The van der Waals surface area contributed by atoms with Crippen LogP contribution >= 0.6 is 43.6 Å². The van der Waals surface area contributed by atoms with E-state index in [1.54, 1.807) is 0 Å². The average Bonchev–Trinajstić information content (AvgIpc) is 2.96. The lowest BCUT2D eigenvalue weighted by atomic mass is 10.2. The minimum Gasteiger partial charge on any atom is -0.335 e. The molecule has 2 aromatic carbocycles. The number of thioether (sulfide) groups is 1. The van der Waals surface area contributed by atoms with Crippen LogP contribution in [0.4, 0.5) is 5.69 Å². The third-order valence-electron chi connectivity index (χ3n) is 3.26. The van der Waals surface area contributed by atoms with Crippen LogP contribution in [-0.4, -0.2) is 26.5 Å². The Bertz CT molecular complexity index is 915. The number of nitrogens with zero attached hydrogens (tertiary/aromatic N) is 3. The van der Waals surface area contributed by atoms with Crippen molar-refractivity contribution in [2.45, 2.75) is 5.16 Å². The van der Waals surface area contributed by atoms with Crippen molar-refractivity contribution in [2.75, 3.05) is 16.9 Å². The quantitative estimate of drug-likeness (QED) is 0.425. The third kappa shape index (κ3) is 4.23. The van der Waals surface area contributed by atoms with Gasteiger partial charge in [0.1, 0.15) is 0 Å². The Morgan fingerprint density at radius 2 is 1.76 bits per heavy atom. The third-order valence-corrected chi connectivity index (χ3v) is 5.59. The largest absolute Gasteiger partial charge is 0.335 e. The van der Waals surface area contributed by atoms with Crippen LogP contribution in [0.1, 0.15) is 0 Å². The highest BCUT2D eigenvalue weighted by atomic mass is 79.9. The maximum absolute atomic E-state index is 12.1. The highest BCUT2D eigenvalue weighted by molar-refractivity contribution is 9.11. The Hall–Kier alpha value is -1.84. The molecule has 3 N–H and O–H groups in total. The molecule has 0 atom stereocenters. The van der Waals surface area contributed by atoms with Crippen LogP contribution in [0.15, 0.2) is 62.6 Å². The molecule has 1 amide bonds. The van der Waals surface area contributed by atoms with Crippen LogP contribution in [0, 0.1) is 0 Å². The molecule has 0 aliphatic carbocycles. The van der Waals surface area contributed by atoms with Crippen LogP contribution in [0.2, 0.25) is 0 Å². The highest BCUT2D eigenvalue weighted by Gasteiger charge is 2.15. The molecule has 0 saturated heterocycles. The summed E-state index contributed by atoms with van der Waals surface area (Å²) in [7, 11) is 0. The fraction of sp³-hybridized carbons (Fsp3) is 0.0625. The molecule has 6 nitrogen and oxygen atoms in total. The van der Waals surface area contributed by atoms with E-state index < -0.39 is 0 Å². The maximum atomic E-state index is 12.1. The van der Waals surface area contributed by atoms with E-state index in [4.69, 9.17) is 5.84 Å². The summed E-state index contributed by atoms with van der Waals surface area (Å²) in [5, 5.41) is 11.5. The summed E-state index contributed by atoms with van der Waals surface area (Å²) in [6.45, 7) is 0. The number of hydrogen-bond acceptors (Lipinski definition) is 5. The molecule has 3 aromatic rings. The summed E-state index contributed by atoms with van der Waals surface area (Å²) in [5.74, 6) is 6.63. The topological polar surface area (TPSA) is 85.8 Å². The van der Waals surface area contributed by atoms with E-state index >= 15 is 0 Å². The number of anilines is 1. The predicted octanol–water partition coefficient (Wildman–Crippen LogP) is 3.91. The van der Waals surface area contributed by atoms with Gasteiger partial charge in [-0.15, -0.1) is 10.2 Å². The van der Waals surface area contributed by atoms with Gasteiger partial charge in [0.15, 0.2) is 5.82 Å². The van der Waals surface area contributed by atoms with Crippen LogP contribution in [0.5, 0.6) is 0 Å². The van der Waals surface area contributed by atoms with Gasteiger partial charge in [0, 0.05) is 14.5 Å². The molecule has 1 aromatic heterocycles. The Kier molecular flexibility index (Phi) is 5.77. The zero-order chi connectivity index (χ0) is 17.8. The van der Waals surface area contributed by atoms with Gasteiger partial charge in [-0.3, -0.25) is 4.79 Å². The van der Waals surface area contributed by atoms with Crippen molar-refractivity contribution < 1.29 is 4.79 Å². The van der Waals surface area contributed by atoms with Crippen molar-refractivity contribution in [2.24, 2.45) is 0 Å². The van der Waals surface area contributed by atoms with Crippen molar-refractivity contribution in [3.05, 3.63) is 57.5 Å². The molecule has 1 heterocycles. The second kappa shape index (κ2) is 8.03. The Balaban J connectivity index is 1.67. The summed E-state index contributed by atoms with van der Waals surface area (Å²) in [4.78, 5) is 12.1. The van der Waals surface area contributed by atoms with Crippen molar-refractivity contribution in [3.63, 3.8) is 0 Å². The van der Waals surface area contributed by atoms with E-state index in [9.17, 15) is 4.79 Å². The van der Waals surface area contributed by atoms with Crippen LogP contribution in [-0.2, 0) is 4.79 Å². The number of aromatic nitrogens is 3. The number of nitrogens with two attached hydrogens (primary N) is 1. The minimum atomic E-state index is -0.151. The number of rotatable bonds is 5. The van der Waals surface area contributed by atoms with Gasteiger partial charge in [-0.2, -0.15) is 0 Å². The lowest BCUT2D eigenvalue weighted by Crippen LogP contribution is -2.16. The van der Waals surface area contributed by atoms with E-state index in [2.05, 4.69) is 47.4 Å². The van der Waals surface area contributed by atoms with Gasteiger partial charge < -0.3 is 11.2 Å². The number of amides is 1. The first-order chi connectivity index (χ1) is 12.1. The van der Waals surface area contributed by atoms with E-state index in [1.807, 2.05) is 48.5 Å². The summed E-state index contributed by atoms with van der Waals surface area (Å²) < 4.78 is 3.08. The number of benzene rings is 2. The van der Waals surface area contributed by atoms with E-state index in [0.29, 0.717) is 11.0 Å². The van der Waals surface area contributed by atoms with Gasteiger partial charge in [0.25, 0.3) is 0 Å². The Labute approximate surface area is 165 Å². The molecule has 9 heteroatoms. The van der Waals surface area contributed by atoms with Gasteiger partial charge in [0.2, 0.25) is 11.1 Å². The molecule has 0 radical (unpaired) electrons. The first-order valence-electron chi connectivity index (χ1n) is 7.19. The molecule has 25 heavy (non-hydrogen) atoms. The lowest BCUT2D eigenvalue weighted by Gasteiger charge is -2.07. The molecule has 0 unspecified atom stereocenters. The summed E-state index contributed by atoms with van der Waals surface area (Å²) in [6, 6.07) is 15.0. The average molecular weight is 483 g/mol. The van der Waals surface area contributed by atoms with Gasteiger partial charge in [-0.1, -0.05) is 52.0 Å². The molecule has 0 bridgehead atoms. The zero-order valence-corrected chi connectivity index (χ0v) is 16.8. The van der Waals surface area contributed by atoms with Crippen molar-refractivity contribution in [1.29, 1.82) is 0 Å². The number of carbonyl (C=O) groups excluding carboxylic acids is 1. The minimum absolute atomic E-state index is 0.151. The maximum Gasteiger partial charge on any atom is 0.234 e. The number of nitrogens with one attached hydrogen (secondary N) is 1. The number of carbonyl (C=O) groups is 1. The van der Waals surface area contributed by atoms with E-state index in [1.165, 1.54) is 16.4 Å². The lowest BCUT2D eigenvalue weighted by molar-refractivity contribution is -0.113. The van der Waals surface area contributed by atoms with Crippen LogP contribution < -0.4 is 11.2 Å². The standard InChI is InChI=1S/C16H13Br2N5OS/c17-11-6-2-1-5-10(11)15-21-22-16(23(15)19)25-9-14(24)20-13-8-4-3-7-12(13)18/h1-8H,9,19H2,(H,20,24). The number of hydrogen-bond donors (Lipinski definition) is 2. The summed E-state index contributed by atoms with van der Waals surface area (Å²) in [6.07, 6.45) is 0. The second-order valence-corrected chi connectivity index (χ2v) is 7.62. The van der Waals surface area contributed by atoms with Gasteiger partial charge in [0.05, 0.1) is 11.4 Å². The van der Waals surface area contributed by atoms with Crippen molar-refractivity contribution in [3.8, 4) is 11.4 Å². The molecule has 128 valence electrons. The first kappa shape index (κ1) is 18.0. The van der Waals surface area contributed by atoms with E-state index in [0.717, 1.165) is 20.2 Å². The van der Waals surface area contributed by atoms with Gasteiger partial charge in [-0.05, 0) is 40.2 Å². The highest BCUT2D eigenvalue weighted by Crippen LogP contribution is 2.28. The number of para-hydroxylation sites is 1. The van der Waals surface area contributed by atoms with Crippen molar-refractivity contribution in [1.82, 2.24) is 14.9 Å². The monoisotopic (exact) mass is 481 g/mol. The molecular weight excluding hydrogens is 470 g/mol. The molecule has 0 fully saturated rings. The molecule has 3 rings (SSSR count). The smallest absolute Gasteiger partial charge is 0.234 e. The molecule has 0 aliphatic rings. The van der Waals surface area contributed by atoms with Gasteiger partial charge >= 0.3 is 0 Å². The molecule has 0 aliphatic heterocycles. The van der Waals surface area contributed by atoms with Crippen LogP contribution in [0.3, 0.4) is 0 Å². The Morgan fingerprint density at radius 1 is 1.08 bits per heavy atom. The molecule has 0 spiro atoms. The first-order valence-corrected chi connectivity index (χ1v) is 9.76. The SMILES string of the molecule is Nn1c(SCC(=O)Nc2ccccc2Br)nnc1-c1ccccc1Br. The van der Waals surface area contributed by atoms with Crippen LogP contribution in [0.25, 0.3) is 11.4 Å². The van der Waals surface area contributed by atoms with E-state index in [-0.39, 0.29) is 11.7 Å². The Morgan fingerprint density at radius 3 is 2.48 bits per heavy atom. The number of halogens is 2. The second-order valence-electron chi connectivity index (χ2n) is 4.97. The van der Waals surface area contributed by atoms with Crippen molar-refractivity contribution >= 4 is 55.2 Å². The normalized spacial score (nSPS) is 10.6. The molecular formula is C16H13Br2N5OS. The fourth-order valence-corrected chi connectivity index (χ4v) is 3.58. The fourth-order valence-electron chi connectivity index (χ4n) is 2.08. The summed E-state index contributed by atoms with van der Waals surface area (Å²) >= 11 is 8.09. The zero-order valence-electron chi connectivity index (χ0n) is 12.8. The predicted molar refractivity (Wildman–Crippen MR) is 107 cm³/mol. The summed E-state index contributed by atoms with van der Waals surface area (Å²) in [5.41, 5.74) is 1.55. The number of nitrogen functional groups attached to an aromatic ring is 1. The molecule has 0 saturated carbocycles.